The molecule has 0 amide bonds. The van der Waals surface area contributed by atoms with E-state index in [1.807, 2.05) is 13.8 Å². The Morgan fingerprint density at radius 3 is 1.47 bits per heavy atom. The molecule has 62 heavy (non-hydrogen) atoms. The van der Waals surface area contributed by atoms with Crippen LogP contribution in [-0.4, -0.2) is 85.0 Å². The van der Waals surface area contributed by atoms with Gasteiger partial charge < -0.3 is 9.80 Å². The Labute approximate surface area is 383 Å². The SMILES string of the molecule is CC.Cc1cc(CC2CCCCC2)ccc1C(C)(C)C.Cc1cc(CN2CC3CCN(C)C3C2)ccc1C(C)(C)C.Cc1cc(CN2CCC3CN(C)CC32)ccc1C(C)(C)C. The number of aryl methyl sites for hydroxylation is 3. The number of fused-ring (bicyclic) bond motifs is 2. The molecule has 4 saturated heterocycles. The van der Waals surface area contributed by atoms with Crippen molar-refractivity contribution in [1.29, 1.82) is 0 Å². The highest BCUT2D eigenvalue weighted by molar-refractivity contribution is 5.37. The minimum absolute atomic E-state index is 0.246. The van der Waals surface area contributed by atoms with E-state index in [4.69, 9.17) is 0 Å². The summed E-state index contributed by atoms with van der Waals surface area (Å²) in [5, 5.41) is 0. The molecule has 3 aromatic rings. The average Bonchev–Trinajstić information content (AvgIpc) is 3.95. The number of benzene rings is 3. The fraction of sp³-hybridized carbons (Fsp3) is 0.690. The lowest BCUT2D eigenvalue weighted by Crippen LogP contribution is -2.34. The summed E-state index contributed by atoms with van der Waals surface area (Å²) in [6, 6.07) is 22.9. The number of rotatable bonds is 6. The van der Waals surface area contributed by atoms with Gasteiger partial charge in [-0.25, -0.2) is 0 Å². The molecule has 8 rings (SSSR count). The molecular formula is C58H94N4. The summed E-state index contributed by atoms with van der Waals surface area (Å²) in [4.78, 5) is 10.4. The van der Waals surface area contributed by atoms with Crippen molar-refractivity contribution < 1.29 is 0 Å². The van der Waals surface area contributed by atoms with Gasteiger partial charge in [-0.15, -0.1) is 0 Å². The van der Waals surface area contributed by atoms with Crippen molar-refractivity contribution in [2.75, 3.05) is 53.4 Å². The molecule has 4 atom stereocenters. The monoisotopic (exact) mass is 847 g/mol. The standard InChI is InChI=1S/2C19H30N2.C18H28.C2H6/c1-14-10-15(6-7-17(14)19(2,3)4)11-21-9-8-16-12-20(5)13-18(16)21;1-14-10-15(6-7-17(14)19(2,3)4)11-21-12-16-8-9-20(5)18(16)13-21;1-14-12-16(10-11-17(14)18(2,3)4)13-15-8-6-5-7-9-15;1-2/h2*6-7,10,16,18H,8-9,11-13H2,1-5H3;10-12,15H,5-9,13H2,1-4H3;1-2H3. The summed E-state index contributed by atoms with van der Waals surface area (Å²) < 4.78 is 0. The van der Waals surface area contributed by atoms with Crippen LogP contribution in [0, 0.1) is 38.5 Å². The fourth-order valence-electron chi connectivity index (χ4n) is 12.1. The Morgan fingerprint density at radius 1 is 0.500 bits per heavy atom. The maximum absolute atomic E-state index is 2.71. The van der Waals surface area contributed by atoms with Gasteiger partial charge in [-0.05, 0) is 151 Å². The summed E-state index contributed by atoms with van der Waals surface area (Å²) in [7, 11) is 4.55. The van der Waals surface area contributed by atoms with Crippen LogP contribution < -0.4 is 0 Å². The number of likely N-dealkylation sites (N-methyl/N-ethyl adjacent to an activating group) is 2. The van der Waals surface area contributed by atoms with Crippen molar-refractivity contribution in [3.63, 3.8) is 0 Å². The average molecular weight is 847 g/mol. The third-order valence-electron chi connectivity index (χ3n) is 15.1. The first-order valence-electron chi connectivity index (χ1n) is 25.3. The van der Waals surface area contributed by atoms with Gasteiger partial charge in [-0.3, -0.25) is 9.80 Å². The molecule has 0 spiro atoms. The van der Waals surface area contributed by atoms with Gasteiger partial charge in [0, 0.05) is 51.4 Å². The van der Waals surface area contributed by atoms with Crippen LogP contribution in [0.2, 0.25) is 0 Å². The molecule has 4 aliphatic heterocycles. The second-order valence-corrected chi connectivity index (χ2v) is 23.5. The van der Waals surface area contributed by atoms with Crippen LogP contribution in [-0.2, 0) is 35.8 Å². The van der Waals surface area contributed by atoms with Crippen LogP contribution in [0.5, 0.6) is 0 Å². The summed E-state index contributed by atoms with van der Waals surface area (Å²) in [5.74, 6) is 2.76. The molecule has 0 N–H and O–H groups in total. The molecule has 0 radical (unpaired) electrons. The molecular weight excluding hydrogens is 753 g/mol. The first kappa shape index (κ1) is 50.5. The molecule has 3 aromatic carbocycles. The fourth-order valence-corrected chi connectivity index (χ4v) is 12.1. The molecule has 4 unspecified atom stereocenters. The highest BCUT2D eigenvalue weighted by atomic mass is 15.3. The van der Waals surface area contributed by atoms with Crippen LogP contribution >= 0.6 is 0 Å². The Hall–Kier alpha value is -2.50. The molecule has 0 bridgehead atoms. The topological polar surface area (TPSA) is 13.0 Å². The van der Waals surface area contributed by atoms with Crippen LogP contribution in [0.1, 0.15) is 171 Å². The number of likely N-dealkylation sites (tertiary alicyclic amines) is 4. The molecule has 5 fully saturated rings. The van der Waals surface area contributed by atoms with Crippen molar-refractivity contribution in [2.24, 2.45) is 17.8 Å². The van der Waals surface area contributed by atoms with E-state index >= 15 is 0 Å². The van der Waals surface area contributed by atoms with E-state index in [0.29, 0.717) is 0 Å². The van der Waals surface area contributed by atoms with Gasteiger partial charge in [0.15, 0.2) is 0 Å². The molecule has 1 saturated carbocycles. The second-order valence-electron chi connectivity index (χ2n) is 23.5. The van der Waals surface area contributed by atoms with E-state index < -0.39 is 0 Å². The minimum atomic E-state index is 0.246. The highest BCUT2D eigenvalue weighted by Crippen LogP contribution is 2.35. The maximum Gasteiger partial charge on any atom is 0.0267 e. The van der Waals surface area contributed by atoms with Gasteiger partial charge in [0.2, 0.25) is 0 Å². The maximum atomic E-state index is 2.71. The van der Waals surface area contributed by atoms with E-state index in [-0.39, 0.29) is 16.2 Å². The Morgan fingerprint density at radius 2 is 0.968 bits per heavy atom. The first-order chi connectivity index (χ1) is 29.2. The van der Waals surface area contributed by atoms with Gasteiger partial charge in [-0.1, -0.05) is 163 Å². The number of hydrogen-bond acceptors (Lipinski definition) is 4. The Balaban J connectivity index is 0.000000173. The Kier molecular flexibility index (Phi) is 17.6. The van der Waals surface area contributed by atoms with Crippen molar-refractivity contribution in [1.82, 2.24) is 19.6 Å². The molecule has 0 aromatic heterocycles. The highest BCUT2D eigenvalue weighted by Gasteiger charge is 2.40. The third-order valence-corrected chi connectivity index (χ3v) is 15.1. The van der Waals surface area contributed by atoms with Crippen molar-refractivity contribution in [3.05, 3.63) is 105 Å². The van der Waals surface area contributed by atoms with Crippen molar-refractivity contribution >= 4 is 0 Å². The third kappa shape index (κ3) is 13.5. The van der Waals surface area contributed by atoms with Crippen LogP contribution in [0.4, 0.5) is 0 Å². The van der Waals surface area contributed by atoms with Gasteiger partial charge in [-0.2, -0.15) is 0 Å². The predicted molar refractivity (Wildman–Crippen MR) is 271 cm³/mol. The smallest absolute Gasteiger partial charge is 0.0267 e. The number of nitrogens with zero attached hydrogens (tertiary/aromatic N) is 4. The van der Waals surface area contributed by atoms with E-state index in [9.17, 15) is 0 Å². The van der Waals surface area contributed by atoms with E-state index in [1.165, 1.54) is 135 Å². The van der Waals surface area contributed by atoms with Crippen LogP contribution in [0.15, 0.2) is 54.6 Å². The first-order valence-corrected chi connectivity index (χ1v) is 25.3. The summed E-state index contributed by atoms with van der Waals surface area (Å²) in [6.07, 6.45) is 11.3. The molecule has 346 valence electrons. The van der Waals surface area contributed by atoms with Crippen LogP contribution in [0.3, 0.4) is 0 Å². The van der Waals surface area contributed by atoms with Gasteiger partial charge in [0.05, 0.1) is 0 Å². The predicted octanol–water partition coefficient (Wildman–Crippen LogP) is 13.3. The zero-order chi connectivity index (χ0) is 45.6. The van der Waals surface area contributed by atoms with E-state index in [2.05, 4.69) is 171 Å². The quantitative estimate of drug-likeness (QED) is 0.245. The largest absolute Gasteiger partial charge is 0.304 e. The van der Waals surface area contributed by atoms with Gasteiger partial charge in [0.1, 0.15) is 0 Å². The molecule has 4 heteroatoms. The lowest BCUT2D eigenvalue weighted by molar-refractivity contribution is 0.228. The minimum Gasteiger partial charge on any atom is -0.304 e. The van der Waals surface area contributed by atoms with Crippen molar-refractivity contribution in [3.8, 4) is 0 Å². The zero-order valence-electron chi connectivity index (χ0n) is 43.2. The Bertz CT molecular complexity index is 1850. The molecule has 5 aliphatic rings. The van der Waals surface area contributed by atoms with Crippen LogP contribution in [0.25, 0.3) is 0 Å². The summed E-state index contributed by atoms with van der Waals surface area (Å²) in [5.41, 5.74) is 14.1. The molecule has 1 aliphatic carbocycles. The summed E-state index contributed by atoms with van der Waals surface area (Å²) in [6.45, 7) is 41.4. The lowest BCUT2D eigenvalue weighted by Gasteiger charge is -2.26. The van der Waals surface area contributed by atoms with E-state index in [0.717, 1.165) is 42.9 Å². The normalized spacial score (nSPS) is 23.8. The molecule has 4 heterocycles. The summed E-state index contributed by atoms with van der Waals surface area (Å²) >= 11 is 0. The van der Waals surface area contributed by atoms with Gasteiger partial charge >= 0.3 is 0 Å². The van der Waals surface area contributed by atoms with Gasteiger partial charge in [0.25, 0.3) is 0 Å². The zero-order valence-corrected chi connectivity index (χ0v) is 43.2. The molecule has 4 nitrogen and oxygen atoms in total. The van der Waals surface area contributed by atoms with E-state index in [1.54, 1.807) is 5.56 Å². The number of hydrogen-bond donors (Lipinski definition) is 0. The second kappa shape index (κ2) is 21.7. The lowest BCUT2D eigenvalue weighted by atomic mass is 9.81. The van der Waals surface area contributed by atoms with Crippen molar-refractivity contribution in [2.45, 2.75) is 190 Å².